The van der Waals surface area contributed by atoms with E-state index in [2.05, 4.69) is 26.1 Å². The minimum Gasteiger partial charge on any atom is -0.481 e. The number of hydrogen-bond donors (Lipinski definition) is 2. The van der Waals surface area contributed by atoms with Crippen molar-refractivity contribution < 1.29 is 14.7 Å². The Balaban J connectivity index is 2.04. The van der Waals surface area contributed by atoms with E-state index in [1.165, 1.54) is 6.42 Å². The summed E-state index contributed by atoms with van der Waals surface area (Å²) in [6, 6.07) is 0.192. The number of rotatable bonds is 3. The van der Waals surface area contributed by atoms with Gasteiger partial charge in [0.2, 0.25) is 5.91 Å². The molecule has 2 saturated carbocycles. The summed E-state index contributed by atoms with van der Waals surface area (Å²) in [6.45, 7) is 10.4. The van der Waals surface area contributed by atoms with Gasteiger partial charge in [-0.15, -0.1) is 0 Å². The minimum atomic E-state index is -0.851. The fourth-order valence-corrected chi connectivity index (χ4v) is 4.20. The Morgan fingerprint density at radius 2 is 1.67 bits per heavy atom. The third-order valence-corrected chi connectivity index (χ3v) is 5.58. The van der Waals surface area contributed by atoms with Crippen LogP contribution in [0, 0.1) is 28.6 Å². The van der Waals surface area contributed by atoms with Gasteiger partial charge in [-0.2, -0.15) is 0 Å². The predicted molar refractivity (Wildman–Crippen MR) is 81.7 cm³/mol. The van der Waals surface area contributed by atoms with Crippen LogP contribution in [0.5, 0.6) is 0 Å². The summed E-state index contributed by atoms with van der Waals surface area (Å²) in [6.07, 6.45) is 4.53. The van der Waals surface area contributed by atoms with Crippen molar-refractivity contribution in [2.24, 2.45) is 28.6 Å². The lowest BCUT2D eigenvalue weighted by Crippen LogP contribution is -2.47. The predicted octanol–water partition coefficient (Wildman–Crippen LogP) is 3.06. The molecule has 21 heavy (non-hydrogen) atoms. The number of carboxylic acid groups (broad SMARTS) is 1. The number of carbonyl (C=O) groups excluding carboxylic acids is 1. The summed E-state index contributed by atoms with van der Waals surface area (Å²) in [5.74, 6) is -1.35. The molecule has 2 fully saturated rings. The van der Waals surface area contributed by atoms with Gasteiger partial charge < -0.3 is 10.4 Å². The molecule has 4 unspecified atom stereocenters. The summed E-state index contributed by atoms with van der Waals surface area (Å²) in [5.41, 5.74) is -0.245. The third kappa shape index (κ3) is 3.09. The van der Waals surface area contributed by atoms with E-state index in [4.69, 9.17) is 0 Å². The van der Waals surface area contributed by atoms with E-state index < -0.39 is 17.3 Å². The normalized spacial score (nSPS) is 35.1. The molecule has 0 aromatic rings. The SMILES string of the molecule is CC(C)(C)C1CCCCC1NC(=O)C1C(C(=O)O)C1(C)C. The second-order valence-electron chi connectivity index (χ2n) is 8.49. The van der Waals surface area contributed by atoms with Crippen LogP contribution in [0.4, 0.5) is 0 Å². The molecule has 2 aliphatic carbocycles. The molecule has 0 aliphatic heterocycles. The monoisotopic (exact) mass is 295 g/mol. The first kappa shape index (κ1) is 16.3. The number of carboxylic acids is 1. The van der Waals surface area contributed by atoms with Crippen molar-refractivity contribution in [2.75, 3.05) is 0 Å². The Kier molecular flexibility index (Phi) is 4.11. The van der Waals surface area contributed by atoms with Gasteiger partial charge in [-0.1, -0.05) is 47.5 Å². The molecule has 4 heteroatoms. The van der Waals surface area contributed by atoms with Crippen LogP contribution < -0.4 is 5.32 Å². The zero-order valence-corrected chi connectivity index (χ0v) is 13.9. The van der Waals surface area contributed by atoms with Crippen molar-refractivity contribution in [3.8, 4) is 0 Å². The highest BCUT2D eigenvalue weighted by Gasteiger charge is 2.66. The van der Waals surface area contributed by atoms with E-state index in [1.807, 2.05) is 13.8 Å². The van der Waals surface area contributed by atoms with E-state index in [1.54, 1.807) is 0 Å². The van der Waals surface area contributed by atoms with E-state index in [0.29, 0.717) is 5.92 Å². The van der Waals surface area contributed by atoms with Crippen molar-refractivity contribution in [3.63, 3.8) is 0 Å². The molecular weight excluding hydrogens is 266 g/mol. The van der Waals surface area contributed by atoms with Gasteiger partial charge in [0.15, 0.2) is 0 Å². The van der Waals surface area contributed by atoms with Crippen molar-refractivity contribution in [2.45, 2.75) is 66.3 Å². The van der Waals surface area contributed by atoms with Crippen LogP contribution >= 0.6 is 0 Å². The van der Waals surface area contributed by atoms with Gasteiger partial charge >= 0.3 is 5.97 Å². The smallest absolute Gasteiger partial charge is 0.307 e. The number of aliphatic carboxylic acids is 1. The maximum absolute atomic E-state index is 12.5. The molecule has 2 aliphatic rings. The lowest BCUT2D eigenvalue weighted by molar-refractivity contribution is -0.140. The fourth-order valence-electron chi connectivity index (χ4n) is 4.20. The van der Waals surface area contributed by atoms with Crippen molar-refractivity contribution >= 4 is 11.9 Å². The largest absolute Gasteiger partial charge is 0.481 e. The van der Waals surface area contributed by atoms with Crippen LogP contribution in [0.3, 0.4) is 0 Å². The molecule has 0 aromatic heterocycles. The molecule has 4 nitrogen and oxygen atoms in total. The van der Waals surface area contributed by atoms with Gasteiger partial charge in [0, 0.05) is 6.04 Å². The molecular formula is C17H29NO3. The Morgan fingerprint density at radius 3 is 2.14 bits per heavy atom. The average Bonchev–Trinajstić information content (AvgIpc) is 2.92. The van der Waals surface area contributed by atoms with Crippen molar-refractivity contribution in [3.05, 3.63) is 0 Å². The lowest BCUT2D eigenvalue weighted by atomic mass is 9.69. The third-order valence-electron chi connectivity index (χ3n) is 5.58. The summed E-state index contributed by atoms with van der Waals surface area (Å²) in [5, 5.41) is 12.4. The summed E-state index contributed by atoms with van der Waals surface area (Å²) >= 11 is 0. The summed E-state index contributed by atoms with van der Waals surface area (Å²) < 4.78 is 0. The Labute approximate surface area is 127 Å². The van der Waals surface area contributed by atoms with E-state index >= 15 is 0 Å². The first-order chi connectivity index (χ1) is 9.56. The first-order valence-corrected chi connectivity index (χ1v) is 8.10. The van der Waals surface area contributed by atoms with Gasteiger partial charge in [-0.25, -0.2) is 0 Å². The summed E-state index contributed by atoms with van der Waals surface area (Å²) in [7, 11) is 0. The molecule has 2 rings (SSSR count). The van der Waals surface area contributed by atoms with Crippen LogP contribution in [-0.2, 0) is 9.59 Å². The highest BCUT2D eigenvalue weighted by atomic mass is 16.4. The Bertz CT molecular complexity index is 436. The number of nitrogens with one attached hydrogen (secondary N) is 1. The Morgan fingerprint density at radius 1 is 1.10 bits per heavy atom. The van der Waals surface area contributed by atoms with Crippen molar-refractivity contribution in [1.29, 1.82) is 0 Å². The molecule has 0 heterocycles. The highest BCUT2D eigenvalue weighted by Crippen LogP contribution is 2.58. The van der Waals surface area contributed by atoms with Crippen LogP contribution in [-0.4, -0.2) is 23.0 Å². The molecule has 0 aromatic carbocycles. The van der Waals surface area contributed by atoms with E-state index in [-0.39, 0.29) is 23.3 Å². The van der Waals surface area contributed by atoms with E-state index in [0.717, 1.165) is 19.3 Å². The summed E-state index contributed by atoms with van der Waals surface area (Å²) in [4.78, 5) is 23.7. The molecule has 0 bridgehead atoms. The second kappa shape index (κ2) is 5.29. The maximum Gasteiger partial charge on any atom is 0.307 e. The number of carbonyl (C=O) groups is 2. The topological polar surface area (TPSA) is 66.4 Å². The molecule has 0 radical (unpaired) electrons. The van der Waals surface area contributed by atoms with Crippen LogP contribution in [0.1, 0.15) is 60.3 Å². The van der Waals surface area contributed by atoms with Crippen LogP contribution in [0.25, 0.3) is 0 Å². The van der Waals surface area contributed by atoms with Gasteiger partial charge in [-0.05, 0) is 29.6 Å². The molecule has 1 amide bonds. The van der Waals surface area contributed by atoms with Crippen molar-refractivity contribution in [1.82, 2.24) is 5.32 Å². The number of hydrogen-bond acceptors (Lipinski definition) is 2. The zero-order chi connectivity index (χ0) is 16.0. The first-order valence-electron chi connectivity index (χ1n) is 8.10. The average molecular weight is 295 g/mol. The van der Waals surface area contributed by atoms with Crippen LogP contribution in [0.2, 0.25) is 0 Å². The molecule has 120 valence electrons. The standard InChI is InChI=1S/C17H29NO3/c1-16(2,3)10-8-6-7-9-11(10)18-14(19)12-13(15(20)21)17(12,4)5/h10-13H,6-9H2,1-5H3,(H,18,19)(H,20,21). The van der Waals surface area contributed by atoms with Gasteiger partial charge in [0.05, 0.1) is 11.8 Å². The molecule has 0 saturated heterocycles. The van der Waals surface area contributed by atoms with Gasteiger partial charge in [-0.3, -0.25) is 9.59 Å². The van der Waals surface area contributed by atoms with Gasteiger partial charge in [0.1, 0.15) is 0 Å². The molecule has 2 N–H and O–H groups in total. The fraction of sp³-hybridized carbons (Fsp3) is 0.882. The zero-order valence-electron chi connectivity index (χ0n) is 13.9. The Hall–Kier alpha value is -1.06. The minimum absolute atomic E-state index is 0.0615. The molecule has 4 atom stereocenters. The quantitative estimate of drug-likeness (QED) is 0.841. The number of amides is 1. The highest BCUT2D eigenvalue weighted by molar-refractivity contribution is 5.91. The second-order valence-corrected chi connectivity index (χ2v) is 8.49. The van der Waals surface area contributed by atoms with Crippen LogP contribution in [0.15, 0.2) is 0 Å². The van der Waals surface area contributed by atoms with E-state index in [9.17, 15) is 14.7 Å². The lowest BCUT2D eigenvalue weighted by Gasteiger charge is -2.40. The maximum atomic E-state index is 12.5. The molecule has 0 spiro atoms. The van der Waals surface area contributed by atoms with Gasteiger partial charge in [0.25, 0.3) is 0 Å².